The molecule has 2 nitrogen and oxygen atoms in total. The summed E-state index contributed by atoms with van der Waals surface area (Å²) < 4.78 is 0. The highest BCUT2D eigenvalue weighted by atomic mass is 14.7. The zero-order valence-electron chi connectivity index (χ0n) is 11.0. The summed E-state index contributed by atoms with van der Waals surface area (Å²) in [6, 6.07) is 6.26. The van der Waals surface area contributed by atoms with Gasteiger partial charge in [0.25, 0.3) is 0 Å². The summed E-state index contributed by atoms with van der Waals surface area (Å²) in [5, 5.41) is 1.20. The standard InChI is InChI=1S/C15H20N2/c1-5-12-8-13(9(2)3)14-7-11(16)6-10(4)15(14)17-12/h6-9H,5,16H2,1-4H3. The summed E-state index contributed by atoms with van der Waals surface area (Å²) in [6.07, 6.45) is 0.972. The molecule has 0 saturated carbocycles. The van der Waals surface area contributed by atoms with Crippen molar-refractivity contribution in [3.63, 3.8) is 0 Å². The van der Waals surface area contributed by atoms with Crippen LogP contribution in [0, 0.1) is 6.92 Å². The Morgan fingerprint density at radius 1 is 1.24 bits per heavy atom. The smallest absolute Gasteiger partial charge is 0.0738 e. The van der Waals surface area contributed by atoms with Gasteiger partial charge in [0.2, 0.25) is 0 Å². The van der Waals surface area contributed by atoms with Crippen LogP contribution in [0.3, 0.4) is 0 Å². The SMILES string of the molecule is CCc1cc(C(C)C)c2cc(N)cc(C)c2n1. The van der Waals surface area contributed by atoms with Crippen molar-refractivity contribution < 1.29 is 0 Å². The predicted octanol–water partition coefficient (Wildman–Crippen LogP) is 3.81. The molecule has 90 valence electrons. The minimum absolute atomic E-state index is 0.493. The van der Waals surface area contributed by atoms with E-state index < -0.39 is 0 Å². The van der Waals surface area contributed by atoms with Gasteiger partial charge < -0.3 is 5.73 Å². The van der Waals surface area contributed by atoms with Gasteiger partial charge in [0.05, 0.1) is 5.52 Å². The van der Waals surface area contributed by atoms with E-state index in [1.165, 1.54) is 10.9 Å². The van der Waals surface area contributed by atoms with Gasteiger partial charge in [-0.15, -0.1) is 0 Å². The number of fused-ring (bicyclic) bond motifs is 1. The Morgan fingerprint density at radius 2 is 1.94 bits per heavy atom. The fourth-order valence-electron chi connectivity index (χ4n) is 2.27. The number of nitrogen functional groups attached to an aromatic ring is 1. The molecule has 2 N–H and O–H groups in total. The highest BCUT2D eigenvalue weighted by Gasteiger charge is 2.10. The molecule has 0 spiro atoms. The van der Waals surface area contributed by atoms with Crippen molar-refractivity contribution in [2.24, 2.45) is 0 Å². The van der Waals surface area contributed by atoms with Crippen LogP contribution >= 0.6 is 0 Å². The maximum atomic E-state index is 5.94. The van der Waals surface area contributed by atoms with E-state index in [1.807, 2.05) is 12.1 Å². The minimum atomic E-state index is 0.493. The Bertz CT molecular complexity index is 556. The van der Waals surface area contributed by atoms with Gasteiger partial charge >= 0.3 is 0 Å². The largest absolute Gasteiger partial charge is 0.399 e. The van der Waals surface area contributed by atoms with Gasteiger partial charge in [0, 0.05) is 16.8 Å². The molecule has 0 aliphatic rings. The van der Waals surface area contributed by atoms with Crippen LogP contribution in [-0.4, -0.2) is 4.98 Å². The van der Waals surface area contributed by atoms with Gasteiger partial charge in [-0.05, 0) is 48.6 Å². The van der Waals surface area contributed by atoms with E-state index in [9.17, 15) is 0 Å². The average molecular weight is 228 g/mol. The van der Waals surface area contributed by atoms with Gasteiger partial charge in [-0.3, -0.25) is 4.98 Å². The summed E-state index contributed by atoms with van der Waals surface area (Å²) in [6.45, 7) is 8.65. The normalized spacial score (nSPS) is 11.4. The lowest BCUT2D eigenvalue weighted by Crippen LogP contribution is -1.99. The molecule has 2 rings (SSSR count). The van der Waals surface area contributed by atoms with Crippen molar-refractivity contribution >= 4 is 16.6 Å². The van der Waals surface area contributed by atoms with Crippen molar-refractivity contribution in [1.82, 2.24) is 4.98 Å². The van der Waals surface area contributed by atoms with Crippen LogP contribution in [0.4, 0.5) is 5.69 Å². The molecule has 0 bridgehead atoms. The molecular weight excluding hydrogens is 208 g/mol. The third-order valence-electron chi connectivity index (χ3n) is 3.20. The second kappa shape index (κ2) is 4.36. The fourth-order valence-corrected chi connectivity index (χ4v) is 2.27. The molecule has 2 aromatic rings. The van der Waals surface area contributed by atoms with E-state index in [1.54, 1.807) is 0 Å². The molecular formula is C15H20N2. The summed E-state index contributed by atoms with van der Waals surface area (Å²) in [5.41, 5.74) is 11.5. The number of rotatable bonds is 2. The van der Waals surface area contributed by atoms with E-state index in [0.717, 1.165) is 28.9 Å². The second-order valence-corrected chi connectivity index (χ2v) is 4.95. The Hall–Kier alpha value is -1.57. The molecule has 17 heavy (non-hydrogen) atoms. The first kappa shape index (κ1) is 11.9. The van der Waals surface area contributed by atoms with E-state index in [4.69, 9.17) is 10.7 Å². The van der Waals surface area contributed by atoms with Gasteiger partial charge in [-0.2, -0.15) is 0 Å². The van der Waals surface area contributed by atoms with Crippen LogP contribution in [0.2, 0.25) is 0 Å². The summed E-state index contributed by atoms with van der Waals surface area (Å²) in [4.78, 5) is 4.72. The number of hydrogen-bond acceptors (Lipinski definition) is 2. The predicted molar refractivity (Wildman–Crippen MR) is 74.4 cm³/mol. The molecule has 0 amide bonds. The minimum Gasteiger partial charge on any atom is -0.399 e. The molecule has 0 unspecified atom stereocenters. The monoisotopic (exact) mass is 228 g/mol. The lowest BCUT2D eigenvalue weighted by Gasteiger charge is -2.14. The van der Waals surface area contributed by atoms with E-state index in [-0.39, 0.29) is 0 Å². The molecule has 0 saturated heterocycles. The number of nitrogens with zero attached hydrogens (tertiary/aromatic N) is 1. The molecule has 0 aliphatic heterocycles. The Balaban J connectivity index is 2.85. The topological polar surface area (TPSA) is 38.9 Å². The van der Waals surface area contributed by atoms with Crippen LogP contribution in [0.15, 0.2) is 18.2 Å². The van der Waals surface area contributed by atoms with Gasteiger partial charge in [-0.25, -0.2) is 0 Å². The molecule has 0 radical (unpaired) electrons. The molecule has 1 aromatic heterocycles. The Labute approximate surface area is 103 Å². The zero-order valence-corrected chi connectivity index (χ0v) is 11.0. The maximum Gasteiger partial charge on any atom is 0.0738 e. The molecule has 1 heterocycles. The average Bonchev–Trinajstić information content (AvgIpc) is 2.27. The number of pyridine rings is 1. The molecule has 1 aromatic carbocycles. The van der Waals surface area contributed by atoms with Crippen LogP contribution in [0.5, 0.6) is 0 Å². The first-order chi connectivity index (χ1) is 8.02. The van der Waals surface area contributed by atoms with Crippen LogP contribution in [0.1, 0.15) is 43.5 Å². The van der Waals surface area contributed by atoms with Gasteiger partial charge in [0.15, 0.2) is 0 Å². The van der Waals surface area contributed by atoms with Crippen LogP contribution in [-0.2, 0) is 6.42 Å². The highest BCUT2D eigenvalue weighted by Crippen LogP contribution is 2.29. The van der Waals surface area contributed by atoms with E-state index >= 15 is 0 Å². The number of anilines is 1. The fraction of sp³-hybridized carbons (Fsp3) is 0.400. The maximum absolute atomic E-state index is 5.94. The van der Waals surface area contributed by atoms with Crippen molar-refractivity contribution in [1.29, 1.82) is 0 Å². The summed E-state index contributed by atoms with van der Waals surface area (Å²) in [5.74, 6) is 0.493. The van der Waals surface area contributed by atoms with Crippen molar-refractivity contribution in [3.05, 3.63) is 35.0 Å². The van der Waals surface area contributed by atoms with Crippen LogP contribution < -0.4 is 5.73 Å². The summed E-state index contributed by atoms with van der Waals surface area (Å²) >= 11 is 0. The highest BCUT2D eigenvalue weighted by molar-refractivity contribution is 5.88. The zero-order chi connectivity index (χ0) is 12.6. The lowest BCUT2D eigenvalue weighted by molar-refractivity contribution is 0.867. The number of benzene rings is 1. The van der Waals surface area contributed by atoms with Crippen molar-refractivity contribution in [2.45, 2.75) is 40.0 Å². The first-order valence-corrected chi connectivity index (χ1v) is 6.22. The third-order valence-corrected chi connectivity index (χ3v) is 3.20. The number of hydrogen-bond donors (Lipinski definition) is 1. The molecule has 0 aliphatic carbocycles. The first-order valence-electron chi connectivity index (χ1n) is 6.22. The third kappa shape index (κ3) is 2.12. The number of aromatic nitrogens is 1. The molecule has 2 heteroatoms. The molecule has 0 fully saturated rings. The second-order valence-electron chi connectivity index (χ2n) is 4.95. The van der Waals surface area contributed by atoms with Crippen LogP contribution in [0.25, 0.3) is 10.9 Å². The Kier molecular flexibility index (Phi) is 3.05. The summed E-state index contributed by atoms with van der Waals surface area (Å²) in [7, 11) is 0. The van der Waals surface area contributed by atoms with E-state index in [2.05, 4.69) is 33.8 Å². The Morgan fingerprint density at radius 3 is 2.53 bits per heavy atom. The number of aryl methyl sites for hydroxylation is 2. The lowest BCUT2D eigenvalue weighted by atomic mass is 9.95. The molecule has 0 atom stereocenters. The number of nitrogens with two attached hydrogens (primary N) is 1. The van der Waals surface area contributed by atoms with Gasteiger partial charge in [0.1, 0.15) is 0 Å². The quantitative estimate of drug-likeness (QED) is 0.794. The van der Waals surface area contributed by atoms with Crippen molar-refractivity contribution in [3.8, 4) is 0 Å². The van der Waals surface area contributed by atoms with Crippen molar-refractivity contribution in [2.75, 3.05) is 5.73 Å². The van der Waals surface area contributed by atoms with E-state index in [0.29, 0.717) is 5.92 Å². The van der Waals surface area contributed by atoms with Gasteiger partial charge in [-0.1, -0.05) is 20.8 Å².